The lowest BCUT2D eigenvalue weighted by atomic mass is 10.5. The molecular weight excluding hydrogens is 241 g/mol. The van der Waals surface area contributed by atoms with Gasteiger partial charge in [-0.1, -0.05) is 0 Å². The molecule has 0 saturated heterocycles. The van der Waals surface area contributed by atoms with Gasteiger partial charge in [0.25, 0.3) is 6.43 Å². The maximum absolute atomic E-state index is 11.8. The molecule has 5 heteroatoms. The summed E-state index contributed by atoms with van der Waals surface area (Å²) in [5.74, 6) is 0. The summed E-state index contributed by atoms with van der Waals surface area (Å²) in [6.45, 7) is 0. The van der Waals surface area contributed by atoms with E-state index in [4.69, 9.17) is 0 Å². The predicted octanol–water partition coefficient (Wildman–Crippen LogP) is 1.95. The van der Waals surface area contributed by atoms with Gasteiger partial charge in [0.1, 0.15) is 5.69 Å². The summed E-state index contributed by atoms with van der Waals surface area (Å²) in [6.07, 6.45) is -1.04. The van der Waals surface area contributed by atoms with Gasteiger partial charge in [-0.05, 0) is 22.6 Å². The third-order valence-corrected chi connectivity index (χ3v) is 1.69. The first kappa shape index (κ1) is 6.91. The van der Waals surface area contributed by atoms with Crippen LogP contribution in [-0.2, 0) is 0 Å². The van der Waals surface area contributed by atoms with Gasteiger partial charge >= 0.3 is 0 Å². The molecule has 1 aromatic rings. The lowest BCUT2D eigenvalue weighted by Crippen LogP contribution is -1.85. The van der Waals surface area contributed by atoms with Crippen LogP contribution in [0.4, 0.5) is 8.78 Å². The first-order chi connectivity index (χ1) is 4.22. The Morgan fingerprint density at radius 1 is 1.67 bits per heavy atom. The van der Waals surface area contributed by atoms with Crippen molar-refractivity contribution in [1.29, 1.82) is 0 Å². The number of rotatable bonds is 1. The van der Waals surface area contributed by atoms with Gasteiger partial charge in [0.15, 0.2) is 0 Å². The molecule has 1 rings (SSSR count). The Balaban J connectivity index is 2.94. The maximum atomic E-state index is 11.8. The minimum absolute atomic E-state index is 0.171. The van der Waals surface area contributed by atoms with Gasteiger partial charge in [-0.15, -0.1) is 0 Å². The van der Waals surface area contributed by atoms with Crippen LogP contribution in [0.2, 0.25) is 0 Å². The molecule has 0 saturated carbocycles. The Hall–Kier alpha value is -0.200. The molecule has 1 aromatic heterocycles. The van der Waals surface area contributed by atoms with Crippen LogP contribution in [0.1, 0.15) is 12.1 Å². The summed E-state index contributed by atoms with van der Waals surface area (Å²) < 4.78 is 24.0. The minimum atomic E-state index is -2.47. The average Bonchev–Trinajstić information content (AvgIpc) is 2.13. The molecule has 2 nitrogen and oxygen atoms in total. The monoisotopic (exact) mass is 244 g/mol. The second-order valence-corrected chi connectivity index (χ2v) is 2.58. The zero-order chi connectivity index (χ0) is 6.85. The molecule has 0 aliphatic rings. The first-order valence-electron chi connectivity index (χ1n) is 2.19. The van der Waals surface area contributed by atoms with Gasteiger partial charge in [0.05, 0.1) is 3.57 Å². The van der Waals surface area contributed by atoms with Crippen LogP contribution in [0.25, 0.3) is 0 Å². The molecule has 0 amide bonds. The van der Waals surface area contributed by atoms with E-state index in [0.29, 0.717) is 3.57 Å². The van der Waals surface area contributed by atoms with Crippen LogP contribution >= 0.6 is 22.6 Å². The number of aromatic amines is 1. The van der Waals surface area contributed by atoms with Crippen molar-refractivity contribution in [2.24, 2.45) is 0 Å². The molecule has 0 spiro atoms. The fourth-order valence-electron chi connectivity index (χ4n) is 0.439. The smallest absolute Gasteiger partial charge is 0.283 e. The van der Waals surface area contributed by atoms with E-state index in [2.05, 4.69) is 10.2 Å². The number of alkyl halides is 2. The quantitative estimate of drug-likeness (QED) is 0.751. The van der Waals surface area contributed by atoms with E-state index in [0.717, 1.165) is 0 Å². The molecule has 1 N–H and O–H groups in total. The molecular formula is C4H3F2IN2. The number of hydrogen-bond acceptors (Lipinski definition) is 1. The molecule has 0 aliphatic carbocycles. The molecule has 0 aliphatic heterocycles. The van der Waals surface area contributed by atoms with Gasteiger partial charge < -0.3 is 0 Å². The molecule has 0 radical (unpaired) electrons. The maximum Gasteiger partial charge on any atom is 0.283 e. The van der Waals surface area contributed by atoms with Crippen molar-refractivity contribution in [1.82, 2.24) is 10.2 Å². The van der Waals surface area contributed by atoms with E-state index in [1.54, 1.807) is 22.6 Å². The van der Waals surface area contributed by atoms with Gasteiger partial charge in [0.2, 0.25) is 0 Å². The largest absolute Gasteiger partial charge is 0.284 e. The van der Waals surface area contributed by atoms with Crippen molar-refractivity contribution >= 4 is 22.6 Å². The van der Waals surface area contributed by atoms with Crippen LogP contribution in [-0.4, -0.2) is 10.2 Å². The fourth-order valence-corrected chi connectivity index (χ4v) is 0.934. The van der Waals surface area contributed by atoms with Crippen molar-refractivity contribution in [2.45, 2.75) is 6.43 Å². The molecule has 50 valence electrons. The SMILES string of the molecule is FC(F)c1n[nH]cc1I. The minimum Gasteiger partial charge on any atom is -0.284 e. The third kappa shape index (κ3) is 1.38. The Labute approximate surface area is 63.8 Å². The van der Waals surface area contributed by atoms with Gasteiger partial charge in [-0.25, -0.2) is 8.78 Å². The molecule has 0 atom stereocenters. The molecule has 1 heterocycles. The second kappa shape index (κ2) is 2.59. The van der Waals surface area contributed by atoms with E-state index in [1.807, 2.05) is 0 Å². The second-order valence-electron chi connectivity index (χ2n) is 1.42. The van der Waals surface area contributed by atoms with E-state index >= 15 is 0 Å². The fraction of sp³-hybridized carbons (Fsp3) is 0.250. The van der Waals surface area contributed by atoms with E-state index < -0.39 is 6.43 Å². The summed E-state index contributed by atoms with van der Waals surface area (Å²) in [6, 6.07) is 0. The number of nitrogens with one attached hydrogen (secondary N) is 1. The molecule has 9 heavy (non-hydrogen) atoms. The van der Waals surface area contributed by atoms with Crippen LogP contribution in [0, 0.1) is 3.57 Å². The highest BCUT2D eigenvalue weighted by Crippen LogP contribution is 2.20. The Kier molecular flexibility index (Phi) is 1.99. The standard InChI is InChI=1S/C4H3F2IN2/c5-4(6)3-2(7)1-8-9-3/h1,4H,(H,8,9). The number of aromatic nitrogens is 2. The lowest BCUT2D eigenvalue weighted by Gasteiger charge is -1.89. The lowest BCUT2D eigenvalue weighted by molar-refractivity contribution is 0.145. The number of nitrogens with zero attached hydrogens (tertiary/aromatic N) is 1. The van der Waals surface area contributed by atoms with Crippen molar-refractivity contribution in [3.8, 4) is 0 Å². The highest BCUT2D eigenvalue weighted by Gasteiger charge is 2.12. The zero-order valence-electron chi connectivity index (χ0n) is 4.24. The summed E-state index contributed by atoms with van der Waals surface area (Å²) >= 11 is 1.80. The number of halogens is 3. The van der Waals surface area contributed by atoms with Crippen molar-refractivity contribution in [3.63, 3.8) is 0 Å². The van der Waals surface area contributed by atoms with Gasteiger partial charge in [-0.2, -0.15) is 5.10 Å². The highest BCUT2D eigenvalue weighted by molar-refractivity contribution is 14.1. The van der Waals surface area contributed by atoms with E-state index in [1.165, 1.54) is 6.20 Å². The van der Waals surface area contributed by atoms with Crippen LogP contribution in [0.3, 0.4) is 0 Å². The van der Waals surface area contributed by atoms with Crippen molar-refractivity contribution in [2.75, 3.05) is 0 Å². The summed E-state index contributed by atoms with van der Waals surface area (Å²) in [5.41, 5.74) is -0.171. The number of hydrogen-bond donors (Lipinski definition) is 1. The molecule has 0 unspecified atom stereocenters. The summed E-state index contributed by atoms with van der Waals surface area (Å²) in [7, 11) is 0. The zero-order valence-corrected chi connectivity index (χ0v) is 6.39. The van der Waals surface area contributed by atoms with Gasteiger partial charge in [0, 0.05) is 6.20 Å². The topological polar surface area (TPSA) is 28.7 Å². The van der Waals surface area contributed by atoms with E-state index in [9.17, 15) is 8.78 Å². The third-order valence-electron chi connectivity index (χ3n) is 0.828. The predicted molar refractivity (Wildman–Crippen MR) is 36.3 cm³/mol. The van der Waals surface area contributed by atoms with E-state index in [-0.39, 0.29) is 5.69 Å². The average molecular weight is 244 g/mol. The van der Waals surface area contributed by atoms with Crippen LogP contribution < -0.4 is 0 Å². The van der Waals surface area contributed by atoms with Crippen molar-refractivity contribution in [3.05, 3.63) is 15.5 Å². The van der Waals surface area contributed by atoms with Crippen molar-refractivity contribution < 1.29 is 8.78 Å². The number of H-pyrrole nitrogens is 1. The Bertz CT molecular complexity index is 198. The van der Waals surface area contributed by atoms with Crippen LogP contribution in [0.5, 0.6) is 0 Å². The highest BCUT2D eigenvalue weighted by atomic mass is 127. The first-order valence-corrected chi connectivity index (χ1v) is 3.27. The molecule has 0 aromatic carbocycles. The summed E-state index contributed by atoms with van der Waals surface area (Å²) in [5, 5.41) is 5.67. The van der Waals surface area contributed by atoms with Crippen LogP contribution in [0.15, 0.2) is 6.20 Å². The molecule has 0 bridgehead atoms. The normalized spacial score (nSPS) is 10.7. The molecule has 0 fully saturated rings. The van der Waals surface area contributed by atoms with Gasteiger partial charge in [-0.3, -0.25) is 5.10 Å². The summed E-state index contributed by atoms with van der Waals surface area (Å²) in [4.78, 5) is 0. The Morgan fingerprint density at radius 2 is 2.33 bits per heavy atom. The Morgan fingerprint density at radius 3 is 2.56 bits per heavy atom.